The Morgan fingerprint density at radius 3 is 2.82 bits per heavy atom. The van der Waals surface area contributed by atoms with Crippen LogP contribution in [0.4, 0.5) is 5.69 Å². The van der Waals surface area contributed by atoms with Crippen molar-refractivity contribution in [3.05, 3.63) is 40.5 Å². The first-order valence-corrected chi connectivity index (χ1v) is 6.88. The SMILES string of the molecule is CCn1nccc1CN(C)C(=O)C(C)n1cc([N+](=O)[O-])cn1. The lowest BCUT2D eigenvalue weighted by atomic mass is 10.3. The minimum Gasteiger partial charge on any atom is -0.338 e. The van der Waals surface area contributed by atoms with E-state index in [0.29, 0.717) is 6.54 Å². The third-order valence-corrected chi connectivity index (χ3v) is 3.43. The monoisotopic (exact) mass is 306 g/mol. The molecule has 0 fully saturated rings. The third kappa shape index (κ3) is 3.13. The minimum atomic E-state index is -0.614. The molecule has 2 rings (SSSR count). The summed E-state index contributed by atoms with van der Waals surface area (Å²) in [5.41, 5.74) is 0.795. The smallest absolute Gasteiger partial charge is 0.307 e. The fraction of sp³-hybridized carbons (Fsp3) is 0.462. The van der Waals surface area contributed by atoms with Gasteiger partial charge in [-0.3, -0.25) is 24.3 Å². The Bertz CT molecular complexity index is 677. The summed E-state index contributed by atoms with van der Waals surface area (Å²) in [7, 11) is 1.68. The molecule has 118 valence electrons. The van der Waals surface area contributed by atoms with Gasteiger partial charge in [0.1, 0.15) is 18.4 Å². The fourth-order valence-electron chi connectivity index (χ4n) is 2.17. The summed E-state index contributed by atoms with van der Waals surface area (Å²) >= 11 is 0. The van der Waals surface area contributed by atoms with Gasteiger partial charge in [0, 0.05) is 19.8 Å². The Hall–Kier alpha value is -2.71. The first-order chi connectivity index (χ1) is 10.4. The van der Waals surface area contributed by atoms with E-state index >= 15 is 0 Å². The zero-order valence-corrected chi connectivity index (χ0v) is 12.7. The average Bonchev–Trinajstić information content (AvgIpc) is 3.14. The molecule has 0 aliphatic carbocycles. The number of likely N-dealkylation sites (N-methyl/N-ethyl adjacent to an activating group) is 1. The largest absolute Gasteiger partial charge is 0.338 e. The van der Waals surface area contributed by atoms with Gasteiger partial charge in [0.2, 0.25) is 5.91 Å². The molecule has 0 radical (unpaired) electrons. The van der Waals surface area contributed by atoms with E-state index in [1.807, 2.05) is 17.7 Å². The molecule has 1 unspecified atom stereocenters. The number of rotatable bonds is 6. The van der Waals surface area contributed by atoms with Crippen LogP contribution in [0, 0.1) is 10.1 Å². The van der Waals surface area contributed by atoms with Crippen molar-refractivity contribution >= 4 is 11.6 Å². The van der Waals surface area contributed by atoms with Gasteiger partial charge < -0.3 is 4.90 Å². The molecular formula is C13H18N6O3. The first kappa shape index (κ1) is 15.7. The topological polar surface area (TPSA) is 99.1 Å². The molecule has 2 heterocycles. The van der Waals surface area contributed by atoms with Crippen molar-refractivity contribution in [1.29, 1.82) is 0 Å². The Morgan fingerprint density at radius 2 is 2.23 bits per heavy atom. The van der Waals surface area contributed by atoms with Crippen LogP contribution in [0.3, 0.4) is 0 Å². The Balaban J connectivity index is 2.07. The van der Waals surface area contributed by atoms with Crippen molar-refractivity contribution in [3.63, 3.8) is 0 Å². The summed E-state index contributed by atoms with van der Waals surface area (Å²) in [6.07, 6.45) is 4.08. The quantitative estimate of drug-likeness (QED) is 0.590. The van der Waals surface area contributed by atoms with Gasteiger partial charge in [-0.1, -0.05) is 0 Å². The Labute approximate surface area is 127 Å². The number of aryl methyl sites for hydroxylation is 1. The summed E-state index contributed by atoms with van der Waals surface area (Å²) < 4.78 is 3.11. The highest BCUT2D eigenvalue weighted by Gasteiger charge is 2.22. The maximum atomic E-state index is 12.4. The average molecular weight is 306 g/mol. The zero-order valence-electron chi connectivity index (χ0n) is 12.7. The van der Waals surface area contributed by atoms with Gasteiger partial charge in [0.15, 0.2) is 0 Å². The van der Waals surface area contributed by atoms with Gasteiger partial charge in [-0.25, -0.2) is 0 Å². The molecule has 0 bridgehead atoms. The molecule has 0 aromatic carbocycles. The molecule has 0 N–H and O–H groups in total. The first-order valence-electron chi connectivity index (χ1n) is 6.88. The third-order valence-electron chi connectivity index (χ3n) is 3.43. The zero-order chi connectivity index (χ0) is 16.3. The summed E-state index contributed by atoms with van der Waals surface area (Å²) in [5, 5.41) is 18.7. The lowest BCUT2D eigenvalue weighted by Gasteiger charge is -2.21. The fourth-order valence-corrected chi connectivity index (χ4v) is 2.17. The van der Waals surface area contributed by atoms with E-state index in [-0.39, 0.29) is 11.6 Å². The second-order valence-corrected chi connectivity index (χ2v) is 4.94. The number of aromatic nitrogens is 4. The molecule has 0 saturated heterocycles. The van der Waals surface area contributed by atoms with Crippen molar-refractivity contribution in [3.8, 4) is 0 Å². The molecule has 0 saturated carbocycles. The lowest BCUT2D eigenvalue weighted by molar-refractivity contribution is -0.385. The van der Waals surface area contributed by atoms with Crippen molar-refractivity contribution in [1.82, 2.24) is 24.5 Å². The molecule has 9 heteroatoms. The highest BCUT2D eigenvalue weighted by Crippen LogP contribution is 2.15. The van der Waals surface area contributed by atoms with E-state index < -0.39 is 11.0 Å². The van der Waals surface area contributed by atoms with Gasteiger partial charge >= 0.3 is 5.69 Å². The van der Waals surface area contributed by atoms with Gasteiger partial charge in [-0.05, 0) is 19.9 Å². The number of nitrogens with zero attached hydrogens (tertiary/aromatic N) is 6. The van der Waals surface area contributed by atoms with Crippen molar-refractivity contribution < 1.29 is 9.72 Å². The number of hydrogen-bond acceptors (Lipinski definition) is 5. The van der Waals surface area contributed by atoms with Crippen LogP contribution in [0.5, 0.6) is 0 Å². The predicted molar refractivity (Wildman–Crippen MR) is 78.0 cm³/mol. The number of carbonyl (C=O) groups is 1. The number of hydrogen-bond donors (Lipinski definition) is 0. The molecule has 2 aromatic heterocycles. The van der Waals surface area contributed by atoms with Crippen LogP contribution in [-0.4, -0.2) is 42.3 Å². The summed E-state index contributed by atoms with van der Waals surface area (Å²) in [6.45, 7) is 4.78. The van der Waals surface area contributed by atoms with Gasteiger partial charge in [-0.2, -0.15) is 10.2 Å². The van der Waals surface area contributed by atoms with Crippen LogP contribution in [0.2, 0.25) is 0 Å². The lowest BCUT2D eigenvalue weighted by Crippen LogP contribution is -2.33. The molecule has 0 aliphatic heterocycles. The van der Waals surface area contributed by atoms with E-state index in [4.69, 9.17) is 0 Å². The molecule has 22 heavy (non-hydrogen) atoms. The van der Waals surface area contributed by atoms with Gasteiger partial charge in [0.25, 0.3) is 0 Å². The van der Waals surface area contributed by atoms with Crippen molar-refractivity contribution in [2.45, 2.75) is 33.0 Å². The second kappa shape index (κ2) is 6.37. The van der Waals surface area contributed by atoms with E-state index in [0.717, 1.165) is 18.4 Å². The van der Waals surface area contributed by atoms with Crippen molar-refractivity contribution in [2.24, 2.45) is 0 Å². The van der Waals surface area contributed by atoms with E-state index in [9.17, 15) is 14.9 Å². The van der Waals surface area contributed by atoms with Crippen molar-refractivity contribution in [2.75, 3.05) is 7.05 Å². The number of nitro groups is 1. The molecule has 0 spiro atoms. The number of amides is 1. The predicted octanol–water partition coefficient (Wildman–Crippen LogP) is 1.23. The van der Waals surface area contributed by atoms with Crippen LogP contribution in [0.15, 0.2) is 24.7 Å². The van der Waals surface area contributed by atoms with Crippen LogP contribution < -0.4 is 0 Å². The van der Waals surface area contributed by atoms with E-state index in [1.54, 1.807) is 25.1 Å². The van der Waals surface area contributed by atoms with E-state index in [1.165, 1.54) is 10.9 Å². The summed E-state index contributed by atoms with van der Waals surface area (Å²) in [4.78, 5) is 24.1. The standard InChI is InChI=1S/C13H18N6O3/c1-4-17-11(5-6-14-17)8-16(3)13(20)10(2)18-9-12(7-15-18)19(21)22/h5-7,9-10H,4,8H2,1-3H3. The molecule has 2 aromatic rings. The maximum absolute atomic E-state index is 12.4. The highest BCUT2D eigenvalue weighted by atomic mass is 16.6. The molecule has 9 nitrogen and oxygen atoms in total. The molecule has 1 amide bonds. The number of carbonyl (C=O) groups excluding carboxylic acids is 1. The Kier molecular flexibility index (Phi) is 4.54. The van der Waals surface area contributed by atoms with Crippen LogP contribution in [0.1, 0.15) is 25.6 Å². The molecular weight excluding hydrogens is 288 g/mol. The van der Waals surface area contributed by atoms with Crippen LogP contribution in [0.25, 0.3) is 0 Å². The van der Waals surface area contributed by atoms with Crippen LogP contribution >= 0.6 is 0 Å². The Morgan fingerprint density at radius 1 is 1.50 bits per heavy atom. The normalized spacial score (nSPS) is 12.1. The highest BCUT2D eigenvalue weighted by molar-refractivity contribution is 5.79. The second-order valence-electron chi connectivity index (χ2n) is 4.94. The van der Waals surface area contributed by atoms with Crippen LogP contribution in [-0.2, 0) is 17.9 Å². The molecule has 0 aliphatic rings. The van der Waals surface area contributed by atoms with Gasteiger partial charge in [0.05, 0.1) is 17.2 Å². The summed E-state index contributed by atoms with van der Waals surface area (Å²) in [6, 6.07) is 1.24. The summed E-state index contributed by atoms with van der Waals surface area (Å²) in [5.74, 6) is -0.179. The minimum absolute atomic E-state index is 0.133. The van der Waals surface area contributed by atoms with E-state index in [2.05, 4.69) is 10.2 Å². The van der Waals surface area contributed by atoms with Gasteiger partial charge in [-0.15, -0.1) is 0 Å². The molecule has 1 atom stereocenters. The maximum Gasteiger partial charge on any atom is 0.307 e.